The van der Waals surface area contributed by atoms with Crippen LogP contribution in [0.25, 0.3) is 11.4 Å². The largest absolute Gasteiger partial charge is 0.481 e. The van der Waals surface area contributed by atoms with Gasteiger partial charge in [0.25, 0.3) is 0 Å². The van der Waals surface area contributed by atoms with E-state index in [0.29, 0.717) is 24.5 Å². The topological polar surface area (TPSA) is 92.4 Å². The highest BCUT2D eigenvalue weighted by Crippen LogP contribution is 2.30. The van der Waals surface area contributed by atoms with Crippen molar-refractivity contribution in [3.63, 3.8) is 0 Å². The Labute approximate surface area is 127 Å². The highest BCUT2D eigenvalue weighted by Gasteiger charge is 2.31. The SMILES string of the molecule is Cc1cccc(-c2nc(C(=O)O)c3n2CCC(C(=O)O)C3)c1. The van der Waals surface area contributed by atoms with E-state index in [1.165, 1.54) is 0 Å². The van der Waals surface area contributed by atoms with E-state index >= 15 is 0 Å². The maximum atomic E-state index is 11.4. The summed E-state index contributed by atoms with van der Waals surface area (Å²) < 4.78 is 1.84. The predicted octanol–water partition coefficient (Wildman–Crippen LogP) is 2.20. The molecule has 1 aromatic carbocycles. The van der Waals surface area contributed by atoms with E-state index in [1.807, 2.05) is 35.8 Å². The van der Waals surface area contributed by atoms with Crippen molar-refractivity contribution >= 4 is 11.9 Å². The third-order valence-corrected chi connectivity index (χ3v) is 4.04. The number of fused-ring (bicyclic) bond motifs is 1. The molecule has 6 nitrogen and oxygen atoms in total. The van der Waals surface area contributed by atoms with Gasteiger partial charge in [0.05, 0.1) is 11.6 Å². The molecule has 0 radical (unpaired) electrons. The summed E-state index contributed by atoms with van der Waals surface area (Å²) in [6.07, 6.45) is 0.687. The number of hydrogen-bond donors (Lipinski definition) is 2. The summed E-state index contributed by atoms with van der Waals surface area (Å²) in [5.41, 5.74) is 2.37. The normalized spacial score (nSPS) is 17.0. The van der Waals surface area contributed by atoms with Gasteiger partial charge in [0.2, 0.25) is 0 Å². The summed E-state index contributed by atoms with van der Waals surface area (Å²) in [6, 6.07) is 7.69. The highest BCUT2D eigenvalue weighted by molar-refractivity contribution is 5.88. The minimum atomic E-state index is -1.12. The first-order valence-electron chi connectivity index (χ1n) is 7.10. The van der Waals surface area contributed by atoms with Gasteiger partial charge in [-0.1, -0.05) is 23.8 Å². The molecule has 1 atom stereocenters. The fourth-order valence-electron chi connectivity index (χ4n) is 2.94. The van der Waals surface area contributed by atoms with E-state index in [9.17, 15) is 19.8 Å². The lowest BCUT2D eigenvalue weighted by Crippen LogP contribution is -2.26. The molecule has 2 heterocycles. The van der Waals surface area contributed by atoms with Gasteiger partial charge in [0.15, 0.2) is 5.69 Å². The summed E-state index contributed by atoms with van der Waals surface area (Å²) in [5.74, 6) is -1.96. The monoisotopic (exact) mass is 300 g/mol. The summed E-state index contributed by atoms with van der Waals surface area (Å²) in [5, 5.41) is 18.5. The molecule has 0 saturated heterocycles. The lowest BCUT2D eigenvalue weighted by atomic mass is 9.95. The second kappa shape index (κ2) is 5.29. The minimum Gasteiger partial charge on any atom is -0.481 e. The molecule has 3 rings (SSSR count). The third-order valence-electron chi connectivity index (χ3n) is 4.04. The van der Waals surface area contributed by atoms with E-state index in [-0.39, 0.29) is 12.1 Å². The molecule has 0 fully saturated rings. The summed E-state index contributed by atoms with van der Waals surface area (Å²) in [6.45, 7) is 2.43. The average molecular weight is 300 g/mol. The maximum Gasteiger partial charge on any atom is 0.356 e. The van der Waals surface area contributed by atoms with Gasteiger partial charge < -0.3 is 14.8 Å². The first-order valence-corrected chi connectivity index (χ1v) is 7.10. The lowest BCUT2D eigenvalue weighted by Gasteiger charge is -2.22. The van der Waals surface area contributed by atoms with Gasteiger partial charge in [-0.3, -0.25) is 4.79 Å². The Morgan fingerprint density at radius 1 is 1.32 bits per heavy atom. The van der Waals surface area contributed by atoms with Crippen LogP contribution in [-0.2, 0) is 17.8 Å². The molecule has 2 N–H and O–H groups in total. The number of nitrogens with zero attached hydrogens (tertiary/aromatic N) is 2. The minimum absolute atomic E-state index is 0.0394. The van der Waals surface area contributed by atoms with E-state index in [2.05, 4.69) is 4.98 Å². The Kier molecular flexibility index (Phi) is 3.44. The van der Waals surface area contributed by atoms with E-state index in [4.69, 9.17) is 0 Å². The highest BCUT2D eigenvalue weighted by atomic mass is 16.4. The van der Waals surface area contributed by atoms with Crippen LogP contribution in [0.4, 0.5) is 0 Å². The van der Waals surface area contributed by atoms with Crippen LogP contribution in [0.1, 0.15) is 28.2 Å². The smallest absolute Gasteiger partial charge is 0.356 e. The standard InChI is InChI=1S/C16H16N2O4/c1-9-3-2-4-10(7-9)14-17-13(16(21)22)12-8-11(15(19)20)5-6-18(12)14/h2-4,7,11H,5-6,8H2,1H3,(H,19,20)(H,21,22). The molecule has 1 aliphatic heterocycles. The van der Waals surface area contributed by atoms with Crippen LogP contribution in [0.3, 0.4) is 0 Å². The van der Waals surface area contributed by atoms with Crippen molar-refractivity contribution < 1.29 is 19.8 Å². The number of carboxylic acids is 2. The van der Waals surface area contributed by atoms with Crippen LogP contribution in [0, 0.1) is 12.8 Å². The number of benzene rings is 1. The van der Waals surface area contributed by atoms with Gasteiger partial charge in [0, 0.05) is 18.5 Å². The van der Waals surface area contributed by atoms with Gasteiger partial charge in [-0.25, -0.2) is 9.78 Å². The summed E-state index contributed by atoms with van der Waals surface area (Å²) >= 11 is 0. The lowest BCUT2D eigenvalue weighted by molar-refractivity contribution is -0.142. The van der Waals surface area contributed by atoms with Crippen molar-refractivity contribution in [2.24, 2.45) is 5.92 Å². The zero-order valence-corrected chi connectivity index (χ0v) is 12.1. The Morgan fingerprint density at radius 3 is 2.73 bits per heavy atom. The molecular formula is C16H16N2O4. The van der Waals surface area contributed by atoms with Crippen molar-refractivity contribution in [1.82, 2.24) is 9.55 Å². The molecule has 1 aliphatic rings. The molecule has 22 heavy (non-hydrogen) atoms. The number of carboxylic acid groups (broad SMARTS) is 2. The number of imidazole rings is 1. The van der Waals surface area contributed by atoms with Crippen LogP contribution < -0.4 is 0 Å². The van der Waals surface area contributed by atoms with Gasteiger partial charge >= 0.3 is 11.9 Å². The Morgan fingerprint density at radius 2 is 2.09 bits per heavy atom. The average Bonchev–Trinajstić information content (AvgIpc) is 2.86. The molecule has 0 spiro atoms. The number of aliphatic carboxylic acids is 1. The molecule has 0 bridgehead atoms. The first-order chi connectivity index (χ1) is 10.5. The number of aromatic nitrogens is 2. The third kappa shape index (κ3) is 2.36. The van der Waals surface area contributed by atoms with Gasteiger partial charge in [-0.05, 0) is 19.4 Å². The zero-order valence-electron chi connectivity index (χ0n) is 12.1. The first kappa shape index (κ1) is 14.3. The molecular weight excluding hydrogens is 284 g/mol. The van der Waals surface area contributed by atoms with Gasteiger partial charge in [-0.15, -0.1) is 0 Å². The number of carbonyl (C=O) groups is 2. The van der Waals surface area contributed by atoms with Crippen LogP contribution >= 0.6 is 0 Å². The molecule has 114 valence electrons. The fraction of sp³-hybridized carbons (Fsp3) is 0.312. The molecule has 1 aromatic heterocycles. The van der Waals surface area contributed by atoms with E-state index < -0.39 is 17.9 Å². The number of aromatic carboxylic acids is 1. The molecule has 1 unspecified atom stereocenters. The fourth-order valence-corrected chi connectivity index (χ4v) is 2.94. The van der Waals surface area contributed by atoms with Gasteiger partial charge in [0.1, 0.15) is 5.82 Å². The second-order valence-corrected chi connectivity index (χ2v) is 5.58. The second-order valence-electron chi connectivity index (χ2n) is 5.58. The number of rotatable bonds is 3. The molecule has 0 saturated carbocycles. The predicted molar refractivity (Wildman–Crippen MR) is 78.8 cm³/mol. The van der Waals surface area contributed by atoms with Crippen LogP contribution in [0.15, 0.2) is 24.3 Å². The van der Waals surface area contributed by atoms with E-state index in [1.54, 1.807) is 0 Å². The Hall–Kier alpha value is -2.63. The zero-order chi connectivity index (χ0) is 15.9. The summed E-state index contributed by atoms with van der Waals surface area (Å²) in [7, 11) is 0. The van der Waals surface area contributed by atoms with Crippen LogP contribution in [0.2, 0.25) is 0 Å². The Bertz CT molecular complexity index is 764. The molecule has 6 heteroatoms. The molecule has 2 aromatic rings. The van der Waals surface area contributed by atoms with Crippen molar-refractivity contribution in [3.8, 4) is 11.4 Å². The summed E-state index contributed by atoms with van der Waals surface area (Å²) in [4.78, 5) is 26.9. The van der Waals surface area contributed by atoms with Crippen molar-refractivity contribution in [3.05, 3.63) is 41.2 Å². The maximum absolute atomic E-state index is 11.4. The Balaban J connectivity index is 2.13. The molecule has 0 aliphatic carbocycles. The van der Waals surface area contributed by atoms with Crippen molar-refractivity contribution in [2.45, 2.75) is 26.3 Å². The van der Waals surface area contributed by atoms with E-state index in [0.717, 1.165) is 11.1 Å². The molecule has 0 amide bonds. The van der Waals surface area contributed by atoms with Crippen molar-refractivity contribution in [2.75, 3.05) is 0 Å². The van der Waals surface area contributed by atoms with Crippen LogP contribution in [0.5, 0.6) is 0 Å². The number of aryl methyl sites for hydroxylation is 1. The van der Waals surface area contributed by atoms with Crippen LogP contribution in [-0.4, -0.2) is 31.7 Å². The quantitative estimate of drug-likeness (QED) is 0.906. The van der Waals surface area contributed by atoms with Crippen molar-refractivity contribution in [1.29, 1.82) is 0 Å². The van der Waals surface area contributed by atoms with Gasteiger partial charge in [-0.2, -0.15) is 0 Å². The number of hydrogen-bond acceptors (Lipinski definition) is 3.